The number of aryl methyl sites for hydroxylation is 2. The fourth-order valence-corrected chi connectivity index (χ4v) is 5.73. The molecular weight excluding hydrogens is 524 g/mol. The number of carbonyl (C=O) groups is 3. The van der Waals surface area contributed by atoms with E-state index in [0.717, 1.165) is 27.3 Å². The second-order valence-corrected chi connectivity index (χ2v) is 12.3. The Balaban J connectivity index is 1.38. The van der Waals surface area contributed by atoms with Crippen LogP contribution in [-0.4, -0.2) is 57.4 Å². The SMILES string of the molecule is Cc1ncsc1-c1ccc(CNC(=O)[C@@H]2C[C@@H](O)CN2C(=O)[C@@H](NC(=O)CCc2ccccc2)C(C)(C)C)cc1. The van der Waals surface area contributed by atoms with E-state index in [4.69, 9.17) is 0 Å². The first-order valence-electron chi connectivity index (χ1n) is 13.6. The van der Waals surface area contributed by atoms with Gasteiger partial charge in [-0.3, -0.25) is 14.4 Å². The van der Waals surface area contributed by atoms with Gasteiger partial charge in [0.15, 0.2) is 0 Å². The van der Waals surface area contributed by atoms with Gasteiger partial charge in [-0.05, 0) is 35.4 Å². The molecule has 9 heteroatoms. The van der Waals surface area contributed by atoms with Crippen LogP contribution in [0.4, 0.5) is 0 Å². The highest BCUT2D eigenvalue weighted by Gasteiger charge is 2.44. The number of aliphatic hydroxyl groups excluding tert-OH is 1. The molecule has 1 aliphatic rings. The molecule has 0 saturated carbocycles. The number of β-amino-alcohol motifs (C(OH)–C–C–N with tert-alkyl or cyclic N) is 1. The minimum Gasteiger partial charge on any atom is -0.391 e. The second-order valence-electron chi connectivity index (χ2n) is 11.4. The number of aromatic nitrogens is 1. The van der Waals surface area contributed by atoms with E-state index in [0.29, 0.717) is 13.0 Å². The molecule has 3 N–H and O–H groups in total. The summed E-state index contributed by atoms with van der Waals surface area (Å²) in [6, 6.07) is 16.0. The van der Waals surface area contributed by atoms with Crippen molar-refractivity contribution in [2.24, 2.45) is 5.41 Å². The number of nitrogens with zero attached hydrogens (tertiary/aromatic N) is 2. The lowest BCUT2D eigenvalue weighted by Crippen LogP contribution is -2.57. The Labute approximate surface area is 239 Å². The Bertz CT molecular complexity index is 1320. The Hall–Kier alpha value is -3.56. The highest BCUT2D eigenvalue weighted by atomic mass is 32.1. The third kappa shape index (κ3) is 7.34. The van der Waals surface area contributed by atoms with E-state index in [1.807, 2.05) is 87.8 Å². The van der Waals surface area contributed by atoms with Gasteiger partial charge in [0, 0.05) is 25.9 Å². The first-order chi connectivity index (χ1) is 19.0. The molecule has 1 aromatic heterocycles. The quantitative estimate of drug-likeness (QED) is 0.367. The molecule has 4 rings (SSSR count). The van der Waals surface area contributed by atoms with Crippen LogP contribution in [0.2, 0.25) is 0 Å². The summed E-state index contributed by atoms with van der Waals surface area (Å²) in [4.78, 5) is 46.6. The molecule has 2 heterocycles. The van der Waals surface area contributed by atoms with Crippen LogP contribution < -0.4 is 10.6 Å². The zero-order valence-corrected chi connectivity index (χ0v) is 24.3. The summed E-state index contributed by atoms with van der Waals surface area (Å²) in [6.07, 6.45) is 0.157. The number of amides is 3. The second kappa shape index (κ2) is 12.7. The number of likely N-dealkylation sites (tertiary alicyclic amines) is 1. The van der Waals surface area contributed by atoms with Crippen LogP contribution in [0.5, 0.6) is 0 Å². The van der Waals surface area contributed by atoms with Crippen LogP contribution in [-0.2, 0) is 27.3 Å². The minimum atomic E-state index is -0.834. The van der Waals surface area contributed by atoms with Crippen molar-refractivity contribution in [3.8, 4) is 10.4 Å². The molecule has 40 heavy (non-hydrogen) atoms. The van der Waals surface area contributed by atoms with Crippen molar-refractivity contribution in [3.05, 3.63) is 76.9 Å². The van der Waals surface area contributed by atoms with Crippen molar-refractivity contribution in [1.29, 1.82) is 0 Å². The summed E-state index contributed by atoms with van der Waals surface area (Å²) in [7, 11) is 0. The number of thiazole rings is 1. The van der Waals surface area contributed by atoms with Crippen LogP contribution in [0.15, 0.2) is 60.1 Å². The van der Waals surface area contributed by atoms with Crippen LogP contribution in [0.1, 0.15) is 50.4 Å². The maximum Gasteiger partial charge on any atom is 0.246 e. The lowest BCUT2D eigenvalue weighted by Gasteiger charge is -2.35. The number of nitrogens with one attached hydrogen (secondary N) is 2. The summed E-state index contributed by atoms with van der Waals surface area (Å²) in [5.41, 5.74) is 5.26. The molecule has 0 aliphatic carbocycles. The van der Waals surface area contributed by atoms with Gasteiger partial charge in [0.1, 0.15) is 12.1 Å². The fourth-order valence-electron chi connectivity index (χ4n) is 4.92. The van der Waals surface area contributed by atoms with Crippen molar-refractivity contribution >= 4 is 29.1 Å². The van der Waals surface area contributed by atoms with E-state index in [1.54, 1.807) is 11.3 Å². The van der Waals surface area contributed by atoms with Crippen LogP contribution in [0.3, 0.4) is 0 Å². The van der Waals surface area contributed by atoms with Crippen LogP contribution >= 0.6 is 11.3 Å². The standard InChI is InChI=1S/C31H38N4O4S/c1-20-27(40-19-33-20)23-13-10-22(11-14-23)17-32-29(38)25-16-24(36)18-35(25)30(39)28(31(2,3)4)34-26(37)15-12-21-8-6-5-7-9-21/h5-11,13-14,19,24-25,28,36H,12,15-18H2,1-4H3,(H,32,38)(H,34,37)/t24-,25+,28-/m1/s1. The predicted molar refractivity (Wildman–Crippen MR) is 156 cm³/mol. The maximum atomic E-state index is 13.7. The molecule has 1 saturated heterocycles. The van der Waals surface area contributed by atoms with E-state index in [1.165, 1.54) is 4.90 Å². The fraction of sp³-hybridized carbons (Fsp3) is 0.419. The molecule has 2 aromatic carbocycles. The number of hydrogen-bond donors (Lipinski definition) is 3. The van der Waals surface area contributed by atoms with Crippen molar-refractivity contribution in [3.63, 3.8) is 0 Å². The average Bonchev–Trinajstić information content (AvgIpc) is 3.54. The molecule has 3 amide bonds. The summed E-state index contributed by atoms with van der Waals surface area (Å²) in [5.74, 6) is -0.910. The topological polar surface area (TPSA) is 112 Å². The van der Waals surface area contributed by atoms with E-state index in [2.05, 4.69) is 15.6 Å². The van der Waals surface area contributed by atoms with E-state index in [-0.39, 0.29) is 37.1 Å². The molecule has 8 nitrogen and oxygen atoms in total. The van der Waals surface area contributed by atoms with Crippen molar-refractivity contribution in [2.75, 3.05) is 6.54 Å². The minimum absolute atomic E-state index is 0.0479. The smallest absolute Gasteiger partial charge is 0.246 e. The molecule has 3 atom stereocenters. The predicted octanol–water partition coefficient (Wildman–Crippen LogP) is 3.86. The normalized spacial score (nSPS) is 17.9. The Morgan fingerprint density at radius 1 is 1.07 bits per heavy atom. The number of benzene rings is 2. The van der Waals surface area contributed by atoms with E-state index in [9.17, 15) is 19.5 Å². The molecule has 0 bridgehead atoms. The van der Waals surface area contributed by atoms with Crippen molar-refractivity contribution < 1.29 is 19.5 Å². The molecule has 3 aromatic rings. The summed E-state index contributed by atoms with van der Waals surface area (Å²) < 4.78 is 0. The zero-order valence-electron chi connectivity index (χ0n) is 23.5. The molecule has 0 spiro atoms. The first-order valence-corrected chi connectivity index (χ1v) is 14.5. The van der Waals surface area contributed by atoms with Gasteiger partial charge in [-0.2, -0.15) is 0 Å². The number of hydrogen-bond acceptors (Lipinski definition) is 6. The van der Waals surface area contributed by atoms with Gasteiger partial charge < -0.3 is 20.6 Å². The maximum absolute atomic E-state index is 13.7. The summed E-state index contributed by atoms with van der Waals surface area (Å²) in [5, 5.41) is 16.2. The monoisotopic (exact) mass is 562 g/mol. The van der Waals surface area contributed by atoms with E-state index < -0.39 is 23.6 Å². The highest BCUT2D eigenvalue weighted by molar-refractivity contribution is 7.13. The number of rotatable bonds is 9. The van der Waals surface area contributed by atoms with Gasteiger partial charge in [-0.25, -0.2) is 4.98 Å². The Morgan fingerprint density at radius 3 is 2.40 bits per heavy atom. The lowest BCUT2D eigenvalue weighted by molar-refractivity contribution is -0.144. The van der Waals surface area contributed by atoms with E-state index >= 15 is 0 Å². The molecule has 1 fully saturated rings. The van der Waals surface area contributed by atoms with Gasteiger partial charge in [0.05, 0.1) is 22.2 Å². The summed E-state index contributed by atoms with van der Waals surface area (Å²) >= 11 is 1.59. The number of carbonyl (C=O) groups excluding carboxylic acids is 3. The van der Waals surface area contributed by atoms with Gasteiger partial charge in [0.25, 0.3) is 0 Å². The van der Waals surface area contributed by atoms with Crippen LogP contribution in [0.25, 0.3) is 10.4 Å². The van der Waals surface area contributed by atoms with Gasteiger partial charge in [-0.1, -0.05) is 75.4 Å². The Morgan fingerprint density at radius 2 is 1.77 bits per heavy atom. The third-order valence-corrected chi connectivity index (χ3v) is 8.17. The van der Waals surface area contributed by atoms with Gasteiger partial charge in [-0.15, -0.1) is 11.3 Å². The third-order valence-electron chi connectivity index (χ3n) is 7.19. The van der Waals surface area contributed by atoms with Crippen LogP contribution in [0, 0.1) is 12.3 Å². The lowest BCUT2D eigenvalue weighted by atomic mass is 9.85. The van der Waals surface area contributed by atoms with Gasteiger partial charge >= 0.3 is 0 Å². The number of aliphatic hydroxyl groups is 1. The molecule has 0 unspecified atom stereocenters. The van der Waals surface area contributed by atoms with Crippen molar-refractivity contribution in [2.45, 2.75) is 71.7 Å². The molecular formula is C31H38N4O4S. The van der Waals surface area contributed by atoms with Gasteiger partial charge in [0.2, 0.25) is 17.7 Å². The molecule has 0 radical (unpaired) electrons. The zero-order chi connectivity index (χ0) is 28.9. The first kappa shape index (κ1) is 29.4. The highest BCUT2D eigenvalue weighted by Crippen LogP contribution is 2.28. The van der Waals surface area contributed by atoms with Crippen molar-refractivity contribution in [1.82, 2.24) is 20.5 Å². The molecule has 212 valence electrons. The Kier molecular flexibility index (Phi) is 9.37. The summed E-state index contributed by atoms with van der Waals surface area (Å²) in [6.45, 7) is 7.97. The molecule has 1 aliphatic heterocycles. The average molecular weight is 563 g/mol. The largest absolute Gasteiger partial charge is 0.391 e.